The highest BCUT2D eigenvalue weighted by Crippen LogP contribution is 2.27. The smallest absolute Gasteiger partial charge is 0.422 e. The van der Waals surface area contributed by atoms with Crippen molar-refractivity contribution in [2.45, 2.75) is 33.0 Å². The number of nitrogens with one attached hydrogen (secondary N) is 1. The third-order valence-corrected chi connectivity index (χ3v) is 4.11. The highest BCUT2D eigenvalue weighted by Gasteiger charge is 2.29. The van der Waals surface area contributed by atoms with Crippen LogP contribution in [-0.4, -0.2) is 43.7 Å². The molecule has 1 fully saturated rings. The van der Waals surface area contributed by atoms with Gasteiger partial charge in [0.25, 0.3) is 0 Å². The molecule has 0 bridgehead atoms. The Morgan fingerprint density at radius 2 is 1.92 bits per heavy atom. The number of hydrogen-bond acceptors (Lipinski definition) is 3. The van der Waals surface area contributed by atoms with Crippen molar-refractivity contribution in [3.8, 4) is 5.75 Å². The number of benzene rings is 1. The van der Waals surface area contributed by atoms with E-state index >= 15 is 0 Å². The van der Waals surface area contributed by atoms with Gasteiger partial charge < -0.3 is 15.0 Å². The zero-order valence-corrected chi connectivity index (χ0v) is 15.4. The van der Waals surface area contributed by atoms with Crippen LogP contribution in [0.1, 0.15) is 23.1 Å². The lowest BCUT2D eigenvalue weighted by molar-refractivity contribution is -0.153. The number of alkyl halides is 3. The Bertz CT molecular complexity index is 579. The maximum Gasteiger partial charge on any atom is 0.422 e. The van der Waals surface area contributed by atoms with Gasteiger partial charge in [-0.3, -0.25) is 4.79 Å². The lowest BCUT2D eigenvalue weighted by Gasteiger charge is -2.22. The third-order valence-electron chi connectivity index (χ3n) is 4.11. The molecule has 0 saturated carbocycles. The van der Waals surface area contributed by atoms with E-state index in [0.29, 0.717) is 24.2 Å². The Morgan fingerprint density at radius 1 is 1.32 bits per heavy atom. The summed E-state index contributed by atoms with van der Waals surface area (Å²) in [5, 5.41) is 3.17. The van der Waals surface area contributed by atoms with E-state index in [1.165, 1.54) is 0 Å². The summed E-state index contributed by atoms with van der Waals surface area (Å²) in [5.41, 5.74) is 2.15. The molecule has 142 valence electrons. The van der Waals surface area contributed by atoms with E-state index in [9.17, 15) is 18.0 Å². The molecule has 1 aromatic carbocycles. The molecule has 8 heteroatoms. The van der Waals surface area contributed by atoms with Crippen molar-refractivity contribution >= 4 is 18.3 Å². The molecule has 1 aromatic rings. The van der Waals surface area contributed by atoms with Crippen molar-refractivity contribution in [2.75, 3.05) is 26.7 Å². The van der Waals surface area contributed by atoms with E-state index in [1.54, 1.807) is 37.9 Å². The fourth-order valence-corrected chi connectivity index (χ4v) is 3.04. The maximum absolute atomic E-state index is 12.3. The Labute approximate surface area is 152 Å². The van der Waals surface area contributed by atoms with E-state index in [0.717, 1.165) is 18.5 Å². The summed E-state index contributed by atoms with van der Waals surface area (Å²) < 4.78 is 41.9. The second-order valence-corrected chi connectivity index (χ2v) is 6.35. The minimum atomic E-state index is -4.36. The van der Waals surface area contributed by atoms with Crippen molar-refractivity contribution in [3.63, 3.8) is 0 Å². The molecule has 1 aliphatic heterocycles. The van der Waals surface area contributed by atoms with Gasteiger partial charge in [-0.25, -0.2) is 0 Å². The Morgan fingerprint density at radius 3 is 2.40 bits per heavy atom. The normalized spacial score (nSPS) is 17.1. The minimum absolute atomic E-state index is 0. The van der Waals surface area contributed by atoms with Crippen LogP contribution in [-0.2, 0) is 11.3 Å². The summed E-state index contributed by atoms with van der Waals surface area (Å²) in [6.07, 6.45) is -3.52. The number of carbonyl (C=O) groups is 1. The van der Waals surface area contributed by atoms with Crippen LogP contribution in [0, 0.1) is 19.8 Å². The van der Waals surface area contributed by atoms with Crippen molar-refractivity contribution in [1.29, 1.82) is 0 Å². The Kier molecular flexibility index (Phi) is 7.56. The summed E-state index contributed by atoms with van der Waals surface area (Å²) >= 11 is 0. The van der Waals surface area contributed by atoms with Gasteiger partial charge >= 0.3 is 6.18 Å². The first-order valence-electron chi connectivity index (χ1n) is 7.93. The SMILES string of the molecule is Cc1cc(CN(C)C(=O)C2CCNC2)cc(C)c1OCC(F)(F)F.Cl. The van der Waals surface area contributed by atoms with Gasteiger partial charge in [0.2, 0.25) is 5.91 Å². The Hall–Kier alpha value is -1.47. The van der Waals surface area contributed by atoms with Crippen LogP contribution in [0.4, 0.5) is 13.2 Å². The zero-order chi connectivity index (χ0) is 17.9. The molecule has 1 amide bonds. The summed E-state index contributed by atoms with van der Waals surface area (Å²) in [7, 11) is 1.75. The lowest BCUT2D eigenvalue weighted by atomic mass is 10.0. The predicted octanol–water partition coefficient (Wildman–Crippen LogP) is 3.23. The van der Waals surface area contributed by atoms with Crippen LogP contribution < -0.4 is 10.1 Å². The molecule has 1 N–H and O–H groups in total. The maximum atomic E-state index is 12.3. The van der Waals surface area contributed by atoms with Crippen molar-refractivity contribution in [1.82, 2.24) is 10.2 Å². The van der Waals surface area contributed by atoms with Crippen LogP contribution in [0.25, 0.3) is 0 Å². The van der Waals surface area contributed by atoms with Crippen molar-refractivity contribution < 1.29 is 22.7 Å². The number of carbonyl (C=O) groups excluding carboxylic acids is 1. The molecule has 0 aromatic heterocycles. The lowest BCUT2D eigenvalue weighted by Crippen LogP contribution is -2.33. The average Bonchev–Trinajstić information content (AvgIpc) is 2.98. The summed E-state index contributed by atoms with van der Waals surface area (Å²) in [6.45, 7) is 4.10. The molecule has 1 aliphatic rings. The topological polar surface area (TPSA) is 41.6 Å². The molecule has 4 nitrogen and oxygen atoms in total. The van der Waals surface area contributed by atoms with Crippen LogP contribution in [0.3, 0.4) is 0 Å². The molecule has 1 heterocycles. The van der Waals surface area contributed by atoms with Crippen LogP contribution in [0.5, 0.6) is 5.75 Å². The second kappa shape index (κ2) is 8.76. The number of amides is 1. The first-order valence-corrected chi connectivity index (χ1v) is 7.93. The molecular weight excluding hydrogens is 357 g/mol. The predicted molar refractivity (Wildman–Crippen MR) is 92.2 cm³/mol. The van der Waals surface area contributed by atoms with E-state index in [-0.39, 0.29) is 30.0 Å². The molecule has 0 spiro atoms. The summed E-state index contributed by atoms with van der Waals surface area (Å²) in [5.74, 6) is 0.351. The number of nitrogens with zero attached hydrogens (tertiary/aromatic N) is 1. The fourth-order valence-electron chi connectivity index (χ4n) is 3.04. The van der Waals surface area contributed by atoms with Crippen LogP contribution in [0.2, 0.25) is 0 Å². The van der Waals surface area contributed by atoms with Crippen LogP contribution in [0.15, 0.2) is 12.1 Å². The summed E-state index contributed by atoms with van der Waals surface area (Å²) in [4.78, 5) is 14.0. The van der Waals surface area contributed by atoms with Gasteiger partial charge in [0.15, 0.2) is 6.61 Å². The number of rotatable bonds is 5. The highest BCUT2D eigenvalue weighted by atomic mass is 35.5. The zero-order valence-electron chi connectivity index (χ0n) is 14.6. The molecule has 1 saturated heterocycles. The standard InChI is InChI=1S/C17H23F3N2O2.ClH/c1-11-6-13(7-12(2)15(11)24-10-17(18,19)20)9-22(3)16(23)14-4-5-21-8-14;/h6-7,14,21H,4-5,8-10H2,1-3H3;1H. The molecule has 1 unspecified atom stereocenters. The molecular formula is C17H24ClF3N2O2. The third kappa shape index (κ3) is 6.08. The number of aryl methyl sites for hydroxylation is 2. The largest absolute Gasteiger partial charge is 0.484 e. The van der Waals surface area contributed by atoms with Gasteiger partial charge in [0.1, 0.15) is 5.75 Å². The number of ether oxygens (including phenoxy) is 1. The monoisotopic (exact) mass is 380 g/mol. The number of hydrogen-bond donors (Lipinski definition) is 1. The average molecular weight is 381 g/mol. The minimum Gasteiger partial charge on any atom is -0.484 e. The van der Waals surface area contributed by atoms with E-state index in [1.807, 2.05) is 0 Å². The quantitative estimate of drug-likeness (QED) is 0.852. The Balaban J connectivity index is 0.00000312. The van der Waals surface area contributed by atoms with Gasteiger partial charge in [-0.1, -0.05) is 12.1 Å². The van der Waals surface area contributed by atoms with E-state index < -0.39 is 12.8 Å². The molecule has 0 radical (unpaired) electrons. The van der Waals surface area contributed by atoms with Gasteiger partial charge in [0.05, 0.1) is 5.92 Å². The summed E-state index contributed by atoms with van der Waals surface area (Å²) in [6, 6.07) is 3.55. The fraction of sp³-hybridized carbons (Fsp3) is 0.588. The first-order chi connectivity index (χ1) is 11.2. The van der Waals surface area contributed by atoms with Gasteiger partial charge in [-0.15, -0.1) is 12.4 Å². The van der Waals surface area contributed by atoms with E-state index in [2.05, 4.69) is 5.32 Å². The first kappa shape index (κ1) is 21.6. The highest BCUT2D eigenvalue weighted by molar-refractivity contribution is 5.85. The molecule has 25 heavy (non-hydrogen) atoms. The second-order valence-electron chi connectivity index (χ2n) is 6.35. The van der Waals surface area contributed by atoms with Gasteiger partial charge in [0, 0.05) is 20.1 Å². The molecule has 1 atom stereocenters. The van der Waals surface area contributed by atoms with E-state index in [4.69, 9.17) is 4.74 Å². The van der Waals surface area contributed by atoms with Crippen LogP contribution >= 0.6 is 12.4 Å². The number of halogens is 4. The van der Waals surface area contributed by atoms with Gasteiger partial charge in [-0.05, 0) is 43.5 Å². The van der Waals surface area contributed by atoms with Crippen molar-refractivity contribution in [2.24, 2.45) is 5.92 Å². The molecule has 0 aliphatic carbocycles. The van der Waals surface area contributed by atoms with Crippen molar-refractivity contribution in [3.05, 3.63) is 28.8 Å². The molecule has 2 rings (SSSR count). The van der Waals surface area contributed by atoms with Gasteiger partial charge in [-0.2, -0.15) is 13.2 Å².